The quantitative estimate of drug-likeness (QED) is 0.808. The Kier molecular flexibility index (Phi) is 3.85. The van der Waals surface area contributed by atoms with Crippen molar-refractivity contribution < 1.29 is 19.1 Å². The third-order valence-corrected chi connectivity index (χ3v) is 1.81. The molecule has 0 aliphatic rings. The van der Waals surface area contributed by atoms with Crippen LogP contribution in [-0.2, 0) is 17.8 Å². The number of carboxylic acid groups (broad SMARTS) is 1. The number of hydrogen-bond donors (Lipinski definition) is 1. The largest absolute Gasteiger partial charge is 0.475 e. The zero-order valence-corrected chi connectivity index (χ0v) is 9.11. The summed E-state index contributed by atoms with van der Waals surface area (Å²) in [4.78, 5) is 14.8. The van der Waals surface area contributed by atoms with Crippen LogP contribution in [0.4, 0.5) is 0 Å². The summed E-state index contributed by atoms with van der Waals surface area (Å²) in [6, 6.07) is 0. The predicted molar refractivity (Wildman–Crippen MR) is 52.8 cm³/mol. The minimum Gasteiger partial charge on any atom is -0.475 e. The molecule has 84 valence electrons. The monoisotopic (exact) mass is 213 g/mol. The fourth-order valence-electron chi connectivity index (χ4n) is 1.11. The van der Waals surface area contributed by atoms with Crippen molar-refractivity contribution in [1.82, 2.24) is 4.98 Å². The molecule has 0 amide bonds. The van der Waals surface area contributed by atoms with Gasteiger partial charge in [0.25, 0.3) is 0 Å². The van der Waals surface area contributed by atoms with Crippen molar-refractivity contribution in [3.8, 4) is 0 Å². The van der Waals surface area contributed by atoms with Crippen LogP contribution >= 0.6 is 0 Å². The topological polar surface area (TPSA) is 72.6 Å². The molecular formula is C10H15NO4. The van der Waals surface area contributed by atoms with Crippen LogP contribution in [0.25, 0.3) is 0 Å². The van der Waals surface area contributed by atoms with Gasteiger partial charge in [-0.2, -0.15) is 0 Å². The zero-order chi connectivity index (χ0) is 11.4. The molecule has 5 heteroatoms. The summed E-state index contributed by atoms with van der Waals surface area (Å²) in [5, 5.41) is 8.81. The van der Waals surface area contributed by atoms with Gasteiger partial charge in [-0.15, -0.1) is 0 Å². The molecule has 0 unspecified atom stereocenters. The summed E-state index contributed by atoms with van der Waals surface area (Å²) >= 11 is 0. The molecule has 15 heavy (non-hydrogen) atoms. The highest BCUT2D eigenvalue weighted by atomic mass is 16.5. The van der Waals surface area contributed by atoms with Crippen LogP contribution in [-0.4, -0.2) is 22.2 Å². The highest BCUT2D eigenvalue weighted by molar-refractivity contribution is 5.85. The SMILES string of the molecule is CCc1nc(COC(C)C)oc1C(=O)O. The Bertz CT molecular complexity index is 343. The smallest absolute Gasteiger partial charge is 0.373 e. The highest BCUT2D eigenvalue weighted by Gasteiger charge is 2.18. The lowest BCUT2D eigenvalue weighted by Crippen LogP contribution is -2.02. The standard InChI is InChI=1S/C10H15NO4/c1-4-7-9(10(12)13)15-8(11-7)5-14-6(2)3/h6H,4-5H2,1-3H3,(H,12,13). The van der Waals surface area contributed by atoms with E-state index in [1.807, 2.05) is 20.8 Å². The molecule has 1 aromatic rings. The van der Waals surface area contributed by atoms with Crippen LogP contribution < -0.4 is 0 Å². The van der Waals surface area contributed by atoms with Gasteiger partial charge in [0, 0.05) is 0 Å². The Morgan fingerprint density at radius 2 is 2.27 bits per heavy atom. The van der Waals surface area contributed by atoms with Crippen molar-refractivity contribution in [3.63, 3.8) is 0 Å². The molecule has 0 aromatic carbocycles. The second-order valence-corrected chi connectivity index (χ2v) is 3.40. The first-order valence-electron chi connectivity index (χ1n) is 4.88. The number of aromatic carboxylic acids is 1. The maximum Gasteiger partial charge on any atom is 0.373 e. The lowest BCUT2D eigenvalue weighted by Gasteiger charge is -2.03. The second kappa shape index (κ2) is 4.93. The molecule has 1 aromatic heterocycles. The summed E-state index contributed by atoms with van der Waals surface area (Å²) in [6.45, 7) is 5.82. The molecular weight excluding hydrogens is 198 g/mol. The molecule has 1 rings (SSSR count). The van der Waals surface area contributed by atoms with Crippen molar-refractivity contribution >= 4 is 5.97 Å². The Morgan fingerprint density at radius 3 is 2.67 bits per heavy atom. The predicted octanol–water partition coefficient (Wildman–Crippen LogP) is 1.86. The summed E-state index contributed by atoms with van der Waals surface area (Å²) in [7, 11) is 0. The van der Waals surface area contributed by atoms with Crippen LogP contribution in [0.15, 0.2) is 4.42 Å². The number of oxazole rings is 1. The van der Waals surface area contributed by atoms with Gasteiger partial charge in [-0.3, -0.25) is 0 Å². The number of hydrogen-bond acceptors (Lipinski definition) is 4. The number of ether oxygens (including phenoxy) is 1. The van der Waals surface area contributed by atoms with Crippen LogP contribution in [0.1, 0.15) is 42.9 Å². The average Bonchev–Trinajstić information content (AvgIpc) is 2.57. The molecule has 0 saturated carbocycles. The first kappa shape index (κ1) is 11.7. The van der Waals surface area contributed by atoms with E-state index in [9.17, 15) is 4.79 Å². The van der Waals surface area contributed by atoms with Crippen molar-refractivity contribution in [2.75, 3.05) is 0 Å². The van der Waals surface area contributed by atoms with E-state index in [0.29, 0.717) is 18.0 Å². The molecule has 0 atom stereocenters. The van der Waals surface area contributed by atoms with E-state index in [4.69, 9.17) is 14.3 Å². The maximum atomic E-state index is 10.8. The van der Waals surface area contributed by atoms with Gasteiger partial charge in [-0.25, -0.2) is 9.78 Å². The second-order valence-electron chi connectivity index (χ2n) is 3.40. The van der Waals surface area contributed by atoms with Crippen molar-refractivity contribution in [2.24, 2.45) is 0 Å². The van der Waals surface area contributed by atoms with Crippen LogP contribution in [0, 0.1) is 0 Å². The average molecular weight is 213 g/mol. The minimum absolute atomic E-state index is 0.0651. The molecule has 1 N–H and O–H groups in total. The number of rotatable bonds is 5. The molecule has 0 radical (unpaired) electrons. The summed E-state index contributed by atoms with van der Waals surface area (Å²) in [5.74, 6) is -0.854. The van der Waals surface area contributed by atoms with Crippen molar-refractivity contribution in [2.45, 2.75) is 39.9 Å². The highest BCUT2D eigenvalue weighted by Crippen LogP contribution is 2.13. The normalized spacial score (nSPS) is 10.9. The molecule has 0 aliphatic heterocycles. The van der Waals surface area contributed by atoms with Gasteiger partial charge in [0.05, 0.1) is 11.8 Å². The lowest BCUT2D eigenvalue weighted by molar-refractivity contribution is 0.0489. The molecule has 0 fully saturated rings. The van der Waals surface area contributed by atoms with Crippen molar-refractivity contribution in [3.05, 3.63) is 17.3 Å². The van der Waals surface area contributed by atoms with Gasteiger partial charge in [-0.05, 0) is 20.3 Å². The zero-order valence-electron chi connectivity index (χ0n) is 9.11. The Labute approximate surface area is 88.1 Å². The molecule has 1 heterocycles. The van der Waals surface area contributed by atoms with Gasteiger partial charge in [0.2, 0.25) is 11.7 Å². The van der Waals surface area contributed by atoms with E-state index >= 15 is 0 Å². The van der Waals surface area contributed by atoms with Gasteiger partial charge >= 0.3 is 5.97 Å². The third-order valence-electron chi connectivity index (χ3n) is 1.81. The number of carbonyl (C=O) groups is 1. The van der Waals surface area contributed by atoms with E-state index < -0.39 is 5.97 Å². The fraction of sp³-hybridized carbons (Fsp3) is 0.600. The Balaban J connectivity index is 2.78. The first-order chi connectivity index (χ1) is 7.04. The lowest BCUT2D eigenvalue weighted by atomic mass is 10.3. The number of aromatic nitrogens is 1. The van der Waals surface area contributed by atoms with Crippen LogP contribution in [0.2, 0.25) is 0 Å². The Morgan fingerprint density at radius 1 is 1.60 bits per heavy atom. The third kappa shape index (κ3) is 3.06. The first-order valence-corrected chi connectivity index (χ1v) is 4.88. The van der Waals surface area contributed by atoms with Gasteiger partial charge in [0.1, 0.15) is 6.61 Å². The van der Waals surface area contributed by atoms with E-state index in [2.05, 4.69) is 4.98 Å². The fourth-order valence-corrected chi connectivity index (χ4v) is 1.11. The molecule has 0 saturated heterocycles. The van der Waals surface area contributed by atoms with Crippen molar-refractivity contribution in [1.29, 1.82) is 0 Å². The van der Waals surface area contributed by atoms with Crippen LogP contribution in [0.5, 0.6) is 0 Å². The summed E-state index contributed by atoms with van der Waals surface area (Å²) in [5.41, 5.74) is 0.463. The maximum absolute atomic E-state index is 10.8. The Hall–Kier alpha value is -1.36. The van der Waals surface area contributed by atoms with E-state index in [-0.39, 0.29) is 18.5 Å². The molecule has 5 nitrogen and oxygen atoms in total. The number of aryl methyl sites for hydroxylation is 1. The van der Waals surface area contributed by atoms with E-state index in [1.165, 1.54) is 0 Å². The van der Waals surface area contributed by atoms with Crippen LogP contribution in [0.3, 0.4) is 0 Å². The number of carboxylic acids is 1. The molecule has 0 bridgehead atoms. The minimum atomic E-state index is -1.09. The van der Waals surface area contributed by atoms with Gasteiger partial charge < -0.3 is 14.3 Å². The summed E-state index contributed by atoms with van der Waals surface area (Å²) in [6.07, 6.45) is 0.600. The van der Waals surface area contributed by atoms with E-state index in [1.54, 1.807) is 0 Å². The van der Waals surface area contributed by atoms with E-state index in [0.717, 1.165) is 0 Å². The molecule has 0 spiro atoms. The summed E-state index contributed by atoms with van der Waals surface area (Å²) < 4.78 is 10.4. The van der Waals surface area contributed by atoms with Gasteiger partial charge in [0.15, 0.2) is 0 Å². The van der Waals surface area contributed by atoms with Gasteiger partial charge in [-0.1, -0.05) is 6.92 Å². The number of nitrogens with zero attached hydrogens (tertiary/aromatic N) is 1. The molecule has 0 aliphatic carbocycles.